The van der Waals surface area contributed by atoms with Crippen LogP contribution in [0, 0.1) is 5.92 Å². The third-order valence-electron chi connectivity index (χ3n) is 4.32. The summed E-state index contributed by atoms with van der Waals surface area (Å²) in [7, 11) is 0. The molecule has 1 N–H and O–H groups in total. The molecule has 4 nitrogen and oxygen atoms in total. The van der Waals surface area contributed by atoms with Crippen LogP contribution in [0.5, 0.6) is 0 Å². The minimum Gasteiger partial charge on any atom is -0.333 e. The monoisotopic (exact) mass is 295 g/mol. The molecule has 5 heteroatoms. The van der Waals surface area contributed by atoms with Crippen molar-refractivity contribution in [2.24, 2.45) is 5.92 Å². The molecule has 20 heavy (non-hydrogen) atoms. The smallest absolute Gasteiger partial charge is 0.223 e. The highest BCUT2D eigenvalue weighted by Gasteiger charge is 2.30. The van der Waals surface area contributed by atoms with Gasteiger partial charge in [0.05, 0.1) is 6.04 Å². The number of carbonyl (C=O) groups is 1. The number of pyridine rings is 1. The van der Waals surface area contributed by atoms with E-state index < -0.39 is 0 Å². The van der Waals surface area contributed by atoms with Crippen LogP contribution >= 0.6 is 12.4 Å². The molecule has 110 valence electrons. The largest absolute Gasteiger partial charge is 0.333 e. The van der Waals surface area contributed by atoms with E-state index >= 15 is 0 Å². The fourth-order valence-corrected chi connectivity index (χ4v) is 2.93. The number of aromatic nitrogens is 1. The third kappa shape index (κ3) is 3.30. The first-order valence-electron chi connectivity index (χ1n) is 7.24. The first-order valence-corrected chi connectivity index (χ1v) is 7.24. The normalized spacial score (nSPS) is 22.8. The average molecular weight is 296 g/mol. The predicted octanol–water partition coefficient (Wildman–Crippen LogP) is 2.17. The summed E-state index contributed by atoms with van der Waals surface area (Å²) in [6.07, 6.45) is 8.15. The molecule has 1 aliphatic carbocycles. The van der Waals surface area contributed by atoms with E-state index in [2.05, 4.69) is 16.4 Å². The zero-order valence-electron chi connectivity index (χ0n) is 11.6. The fraction of sp³-hybridized carbons (Fsp3) is 0.600. The van der Waals surface area contributed by atoms with E-state index in [1.54, 1.807) is 6.20 Å². The van der Waals surface area contributed by atoms with Gasteiger partial charge >= 0.3 is 0 Å². The topological polar surface area (TPSA) is 45.2 Å². The zero-order chi connectivity index (χ0) is 13.1. The second kappa shape index (κ2) is 7.04. The lowest BCUT2D eigenvalue weighted by molar-refractivity contribution is -0.136. The van der Waals surface area contributed by atoms with Crippen LogP contribution in [0.1, 0.15) is 37.3 Å². The fourth-order valence-electron chi connectivity index (χ4n) is 2.93. The summed E-state index contributed by atoms with van der Waals surface area (Å²) in [5, 5.41) is 3.38. The van der Waals surface area contributed by atoms with Crippen molar-refractivity contribution in [1.29, 1.82) is 0 Å². The van der Waals surface area contributed by atoms with E-state index in [1.807, 2.05) is 17.2 Å². The van der Waals surface area contributed by atoms with Crippen LogP contribution in [0.15, 0.2) is 24.5 Å². The maximum atomic E-state index is 12.5. The average Bonchev–Trinajstić information content (AvgIpc) is 2.43. The number of halogens is 1. The molecule has 1 amide bonds. The number of hydrogen-bond donors (Lipinski definition) is 1. The van der Waals surface area contributed by atoms with Gasteiger partial charge in [-0.25, -0.2) is 0 Å². The molecule has 2 fully saturated rings. The summed E-state index contributed by atoms with van der Waals surface area (Å²) in [5.41, 5.74) is 1.14. The molecule has 0 radical (unpaired) electrons. The zero-order valence-corrected chi connectivity index (χ0v) is 12.4. The highest BCUT2D eigenvalue weighted by atomic mass is 35.5. The highest BCUT2D eigenvalue weighted by Crippen LogP contribution is 2.31. The molecule has 0 bridgehead atoms. The van der Waals surface area contributed by atoms with E-state index in [0.717, 1.165) is 31.6 Å². The van der Waals surface area contributed by atoms with Crippen LogP contribution in [0.2, 0.25) is 0 Å². The van der Waals surface area contributed by atoms with Gasteiger partial charge in [-0.15, -0.1) is 12.4 Å². The highest BCUT2D eigenvalue weighted by molar-refractivity contribution is 5.85. The molecule has 1 unspecified atom stereocenters. The van der Waals surface area contributed by atoms with Crippen LogP contribution in [0.4, 0.5) is 0 Å². The Balaban J connectivity index is 0.00000147. The molecule has 1 aromatic rings. The molecule has 1 aliphatic heterocycles. The van der Waals surface area contributed by atoms with Gasteiger partial charge in [-0.2, -0.15) is 0 Å². The first-order chi connectivity index (χ1) is 9.34. The van der Waals surface area contributed by atoms with Crippen molar-refractivity contribution in [1.82, 2.24) is 15.2 Å². The third-order valence-corrected chi connectivity index (χ3v) is 4.32. The van der Waals surface area contributed by atoms with E-state index in [0.29, 0.717) is 11.8 Å². The summed E-state index contributed by atoms with van der Waals surface area (Å²) in [5.74, 6) is 0.956. The van der Waals surface area contributed by atoms with Crippen LogP contribution < -0.4 is 5.32 Å². The Kier molecular flexibility index (Phi) is 5.38. The van der Waals surface area contributed by atoms with E-state index in [1.165, 1.54) is 19.3 Å². The van der Waals surface area contributed by atoms with Gasteiger partial charge in [-0.1, -0.05) is 12.5 Å². The van der Waals surface area contributed by atoms with Crippen molar-refractivity contribution in [3.63, 3.8) is 0 Å². The van der Waals surface area contributed by atoms with Crippen molar-refractivity contribution in [2.75, 3.05) is 19.6 Å². The number of nitrogens with zero attached hydrogens (tertiary/aromatic N) is 2. The van der Waals surface area contributed by atoms with E-state index in [4.69, 9.17) is 0 Å². The number of rotatable bonds is 3. The van der Waals surface area contributed by atoms with Crippen molar-refractivity contribution >= 4 is 18.3 Å². The maximum Gasteiger partial charge on any atom is 0.223 e. The van der Waals surface area contributed by atoms with Crippen LogP contribution in [-0.2, 0) is 4.79 Å². The number of amides is 1. The second-order valence-corrected chi connectivity index (χ2v) is 5.59. The quantitative estimate of drug-likeness (QED) is 0.929. The molecule has 1 atom stereocenters. The van der Waals surface area contributed by atoms with Crippen molar-refractivity contribution in [3.05, 3.63) is 30.1 Å². The number of piperazine rings is 1. The van der Waals surface area contributed by atoms with E-state index in [9.17, 15) is 4.79 Å². The molecular formula is C15H22ClN3O. The Hall–Kier alpha value is -1.13. The van der Waals surface area contributed by atoms with Gasteiger partial charge in [0.2, 0.25) is 5.91 Å². The lowest BCUT2D eigenvalue weighted by atomic mass is 9.82. The molecule has 3 rings (SSSR count). The SMILES string of the molecule is Cl.O=C(CC1CCC1)N1CCNCC1c1cccnc1. The van der Waals surface area contributed by atoms with E-state index in [-0.39, 0.29) is 18.4 Å². The molecule has 2 heterocycles. The van der Waals surface area contributed by atoms with Gasteiger partial charge in [0, 0.05) is 38.4 Å². The lowest BCUT2D eigenvalue weighted by Crippen LogP contribution is -2.49. The molecule has 0 aromatic carbocycles. The minimum atomic E-state index is 0. The minimum absolute atomic E-state index is 0. The van der Waals surface area contributed by atoms with Gasteiger partial charge in [0.1, 0.15) is 0 Å². The summed E-state index contributed by atoms with van der Waals surface area (Å²) >= 11 is 0. The molecule has 2 aliphatic rings. The second-order valence-electron chi connectivity index (χ2n) is 5.59. The van der Waals surface area contributed by atoms with Crippen molar-refractivity contribution in [2.45, 2.75) is 31.7 Å². The van der Waals surface area contributed by atoms with Crippen LogP contribution in [-0.4, -0.2) is 35.4 Å². The Bertz CT molecular complexity index is 436. The van der Waals surface area contributed by atoms with Gasteiger partial charge in [-0.3, -0.25) is 9.78 Å². The summed E-state index contributed by atoms with van der Waals surface area (Å²) in [6, 6.07) is 4.15. The Morgan fingerprint density at radius 3 is 2.95 bits per heavy atom. The maximum absolute atomic E-state index is 12.5. The molecular weight excluding hydrogens is 274 g/mol. The van der Waals surface area contributed by atoms with Crippen LogP contribution in [0.3, 0.4) is 0 Å². The first kappa shape index (κ1) is 15.3. The number of nitrogens with one attached hydrogen (secondary N) is 1. The Morgan fingerprint density at radius 1 is 1.45 bits per heavy atom. The van der Waals surface area contributed by atoms with Gasteiger partial charge in [-0.05, 0) is 30.4 Å². The summed E-state index contributed by atoms with van der Waals surface area (Å²) < 4.78 is 0. The summed E-state index contributed by atoms with van der Waals surface area (Å²) in [6.45, 7) is 2.54. The molecule has 1 aromatic heterocycles. The van der Waals surface area contributed by atoms with Gasteiger partial charge < -0.3 is 10.2 Å². The molecule has 0 spiro atoms. The van der Waals surface area contributed by atoms with Gasteiger partial charge in [0.15, 0.2) is 0 Å². The predicted molar refractivity (Wildman–Crippen MR) is 80.8 cm³/mol. The Labute approximate surface area is 126 Å². The Morgan fingerprint density at radius 2 is 2.30 bits per heavy atom. The summed E-state index contributed by atoms with van der Waals surface area (Å²) in [4.78, 5) is 18.7. The molecule has 1 saturated heterocycles. The standard InChI is InChI=1S/C15H21N3O.ClH/c19-15(9-12-3-1-4-12)18-8-7-17-11-14(18)13-5-2-6-16-10-13;/h2,5-6,10,12,14,17H,1,3-4,7-9,11H2;1H. The molecule has 1 saturated carbocycles. The van der Waals surface area contributed by atoms with Crippen LogP contribution in [0.25, 0.3) is 0 Å². The van der Waals surface area contributed by atoms with Crippen molar-refractivity contribution < 1.29 is 4.79 Å². The number of carbonyl (C=O) groups excluding carboxylic acids is 1. The number of hydrogen-bond acceptors (Lipinski definition) is 3. The van der Waals surface area contributed by atoms with Crippen molar-refractivity contribution in [3.8, 4) is 0 Å². The van der Waals surface area contributed by atoms with Gasteiger partial charge in [0.25, 0.3) is 0 Å². The lowest BCUT2D eigenvalue weighted by Gasteiger charge is -2.38.